The topological polar surface area (TPSA) is 103 Å². The van der Waals surface area contributed by atoms with Crippen molar-refractivity contribution < 1.29 is 14.7 Å². The van der Waals surface area contributed by atoms with Gasteiger partial charge in [-0.25, -0.2) is 4.79 Å². The first-order valence-electron chi connectivity index (χ1n) is 10.7. The Bertz CT molecular complexity index is 976. The lowest BCUT2D eigenvalue weighted by Gasteiger charge is -2.06. The van der Waals surface area contributed by atoms with E-state index < -0.39 is 5.97 Å². The van der Waals surface area contributed by atoms with Gasteiger partial charge in [-0.3, -0.25) is 9.78 Å². The fourth-order valence-electron chi connectivity index (χ4n) is 3.70. The Morgan fingerprint density at radius 3 is 2.77 bits per heavy atom. The first-order chi connectivity index (χ1) is 15.1. The molecule has 1 fully saturated rings. The summed E-state index contributed by atoms with van der Waals surface area (Å²) in [5.74, 6) is -0.344. The summed E-state index contributed by atoms with van der Waals surface area (Å²) in [5, 5.41) is 20.8. The third-order valence-electron chi connectivity index (χ3n) is 5.51. The van der Waals surface area contributed by atoms with Crippen LogP contribution in [0.25, 0.3) is 11.3 Å². The number of allylic oxidation sites excluding steroid dienone is 1. The maximum atomic E-state index is 12.3. The Hall–Kier alpha value is -3.46. The molecule has 0 saturated heterocycles. The Balaban J connectivity index is 1.37. The van der Waals surface area contributed by atoms with Gasteiger partial charge in [0.25, 0.3) is 0 Å². The van der Waals surface area contributed by atoms with Crippen LogP contribution in [0.4, 0.5) is 0 Å². The molecule has 0 spiro atoms. The van der Waals surface area contributed by atoms with Crippen LogP contribution < -0.4 is 5.32 Å². The highest BCUT2D eigenvalue weighted by Gasteiger charge is 2.42. The standard InChI is InChI=1S/C25H27N3O3/c26-16-19-8-5-6-9-21(19)23-12-11-18(17-28-23)14-20-15-22(20)25(31)27-13-7-3-1-2-4-10-24(29)30/h4-6,8-12,17,20,22H,1-3,7,13-15H2,(H,27,31)(H,29,30)/b10-4-. The van der Waals surface area contributed by atoms with Crippen molar-refractivity contribution >= 4 is 11.9 Å². The number of aromatic nitrogens is 1. The number of nitriles is 1. The Morgan fingerprint density at radius 2 is 2.03 bits per heavy atom. The summed E-state index contributed by atoms with van der Waals surface area (Å²) in [6, 6.07) is 13.6. The van der Waals surface area contributed by atoms with Crippen LogP contribution in [0, 0.1) is 23.2 Å². The number of benzene rings is 1. The van der Waals surface area contributed by atoms with Crippen molar-refractivity contribution in [3.8, 4) is 17.3 Å². The molecule has 0 aliphatic heterocycles. The predicted octanol–water partition coefficient (Wildman–Crippen LogP) is 4.12. The number of hydrogen-bond donors (Lipinski definition) is 2. The number of amides is 1. The van der Waals surface area contributed by atoms with Gasteiger partial charge in [0.15, 0.2) is 0 Å². The molecule has 31 heavy (non-hydrogen) atoms. The molecule has 1 aliphatic carbocycles. The summed E-state index contributed by atoms with van der Waals surface area (Å²) in [7, 11) is 0. The molecule has 3 rings (SSSR count). The molecule has 0 bridgehead atoms. The van der Waals surface area contributed by atoms with Crippen LogP contribution in [0.5, 0.6) is 0 Å². The van der Waals surface area contributed by atoms with E-state index in [2.05, 4.69) is 16.4 Å². The Morgan fingerprint density at radius 1 is 1.19 bits per heavy atom. The van der Waals surface area contributed by atoms with Crippen LogP contribution in [0.2, 0.25) is 0 Å². The lowest BCUT2D eigenvalue weighted by molar-refractivity contribution is -0.131. The van der Waals surface area contributed by atoms with Crippen molar-refractivity contribution in [2.24, 2.45) is 11.8 Å². The van der Waals surface area contributed by atoms with Gasteiger partial charge in [0.05, 0.1) is 17.3 Å². The number of carbonyl (C=O) groups excluding carboxylic acids is 1. The number of rotatable bonds is 11. The minimum atomic E-state index is -0.915. The van der Waals surface area contributed by atoms with Gasteiger partial charge >= 0.3 is 5.97 Å². The number of carboxylic acid groups (broad SMARTS) is 1. The molecule has 1 heterocycles. The summed E-state index contributed by atoms with van der Waals surface area (Å²) in [5.41, 5.74) is 3.33. The molecule has 1 aromatic carbocycles. The predicted molar refractivity (Wildman–Crippen MR) is 118 cm³/mol. The van der Waals surface area contributed by atoms with Crippen molar-refractivity contribution in [3.63, 3.8) is 0 Å². The van der Waals surface area contributed by atoms with Gasteiger partial charge in [-0.15, -0.1) is 0 Å². The van der Waals surface area contributed by atoms with E-state index in [1.54, 1.807) is 12.1 Å². The average molecular weight is 418 g/mol. The molecular formula is C25H27N3O3. The van der Waals surface area contributed by atoms with E-state index in [0.29, 0.717) is 18.0 Å². The zero-order valence-electron chi connectivity index (χ0n) is 17.5. The molecule has 2 unspecified atom stereocenters. The van der Waals surface area contributed by atoms with Crippen molar-refractivity contribution in [1.29, 1.82) is 5.26 Å². The Labute approximate surface area is 182 Å². The molecule has 1 aromatic heterocycles. The second-order valence-electron chi connectivity index (χ2n) is 7.90. The van der Waals surface area contributed by atoms with Crippen molar-refractivity contribution in [2.45, 2.75) is 38.5 Å². The van der Waals surface area contributed by atoms with Crippen LogP contribution in [0.15, 0.2) is 54.7 Å². The SMILES string of the molecule is N#Cc1ccccc1-c1ccc(CC2CC2C(=O)NCCCCC/C=C\C(=O)O)cn1. The van der Waals surface area contributed by atoms with Gasteiger partial charge in [-0.05, 0) is 55.7 Å². The maximum absolute atomic E-state index is 12.3. The number of pyridine rings is 1. The number of unbranched alkanes of at least 4 members (excludes halogenated alkanes) is 3. The van der Waals surface area contributed by atoms with Crippen LogP contribution >= 0.6 is 0 Å². The second kappa shape index (κ2) is 11.1. The fourth-order valence-corrected chi connectivity index (χ4v) is 3.70. The van der Waals surface area contributed by atoms with E-state index in [-0.39, 0.29) is 11.8 Å². The van der Waals surface area contributed by atoms with Crippen LogP contribution in [-0.2, 0) is 16.0 Å². The number of carbonyl (C=O) groups is 2. The zero-order valence-corrected chi connectivity index (χ0v) is 17.5. The quantitative estimate of drug-likeness (QED) is 0.423. The summed E-state index contributed by atoms with van der Waals surface area (Å²) in [4.78, 5) is 27.2. The Kier molecular flexibility index (Phi) is 7.94. The molecule has 6 nitrogen and oxygen atoms in total. The molecule has 0 radical (unpaired) electrons. The maximum Gasteiger partial charge on any atom is 0.327 e. The summed E-state index contributed by atoms with van der Waals surface area (Å²) < 4.78 is 0. The first-order valence-corrected chi connectivity index (χ1v) is 10.7. The van der Waals surface area contributed by atoms with Crippen LogP contribution in [0.1, 0.15) is 43.2 Å². The normalized spacial score (nSPS) is 17.3. The van der Waals surface area contributed by atoms with E-state index in [9.17, 15) is 14.9 Å². The zero-order chi connectivity index (χ0) is 22.1. The summed E-state index contributed by atoms with van der Waals surface area (Å²) in [6.45, 7) is 0.666. The first kappa shape index (κ1) is 22.2. The second-order valence-corrected chi connectivity index (χ2v) is 7.90. The highest BCUT2D eigenvalue weighted by Crippen LogP contribution is 2.41. The lowest BCUT2D eigenvalue weighted by atomic mass is 10.0. The van der Waals surface area contributed by atoms with Gasteiger partial charge in [0.1, 0.15) is 0 Å². The highest BCUT2D eigenvalue weighted by molar-refractivity contribution is 5.81. The van der Waals surface area contributed by atoms with Gasteiger partial charge in [0, 0.05) is 30.3 Å². The third-order valence-corrected chi connectivity index (χ3v) is 5.51. The largest absolute Gasteiger partial charge is 0.478 e. The molecule has 1 aliphatic rings. The lowest BCUT2D eigenvalue weighted by Crippen LogP contribution is -2.26. The van der Waals surface area contributed by atoms with Gasteiger partial charge < -0.3 is 10.4 Å². The van der Waals surface area contributed by atoms with E-state index in [1.165, 1.54) is 6.08 Å². The summed E-state index contributed by atoms with van der Waals surface area (Å²) in [6.07, 6.45) is 9.96. The molecule has 160 valence electrons. The van der Waals surface area contributed by atoms with Gasteiger partial charge in [-0.2, -0.15) is 5.26 Å². The number of carboxylic acids is 1. The van der Waals surface area contributed by atoms with Crippen molar-refractivity contribution in [1.82, 2.24) is 10.3 Å². The minimum absolute atomic E-state index is 0.0810. The molecule has 2 atom stereocenters. The number of nitrogens with zero attached hydrogens (tertiary/aromatic N) is 2. The van der Waals surface area contributed by atoms with Gasteiger partial charge in [0.2, 0.25) is 5.91 Å². The molecule has 2 N–H and O–H groups in total. The van der Waals surface area contributed by atoms with Crippen LogP contribution in [0.3, 0.4) is 0 Å². The molecule has 2 aromatic rings. The van der Waals surface area contributed by atoms with Crippen molar-refractivity contribution in [2.75, 3.05) is 6.54 Å². The molecular weight excluding hydrogens is 390 g/mol. The van der Waals surface area contributed by atoms with Crippen molar-refractivity contribution in [3.05, 3.63) is 65.9 Å². The smallest absolute Gasteiger partial charge is 0.327 e. The molecule has 1 amide bonds. The minimum Gasteiger partial charge on any atom is -0.478 e. The monoisotopic (exact) mass is 417 g/mol. The number of nitrogens with one attached hydrogen (secondary N) is 1. The fraction of sp³-hybridized carbons (Fsp3) is 0.360. The van der Waals surface area contributed by atoms with E-state index in [4.69, 9.17) is 5.11 Å². The molecule has 1 saturated carbocycles. The van der Waals surface area contributed by atoms with Gasteiger partial charge in [-0.1, -0.05) is 36.8 Å². The average Bonchev–Trinajstić information content (AvgIpc) is 3.55. The highest BCUT2D eigenvalue weighted by atomic mass is 16.4. The van der Waals surface area contributed by atoms with E-state index in [0.717, 1.165) is 55.3 Å². The van der Waals surface area contributed by atoms with E-state index >= 15 is 0 Å². The summed E-state index contributed by atoms with van der Waals surface area (Å²) >= 11 is 0. The molecule has 6 heteroatoms. The number of hydrogen-bond acceptors (Lipinski definition) is 4. The van der Waals surface area contributed by atoms with E-state index in [1.807, 2.05) is 36.5 Å². The third kappa shape index (κ3) is 6.78. The number of aliphatic carboxylic acids is 1. The van der Waals surface area contributed by atoms with Crippen LogP contribution in [-0.4, -0.2) is 28.5 Å².